The van der Waals surface area contributed by atoms with Crippen LogP contribution < -0.4 is 10.9 Å². The lowest BCUT2D eigenvalue weighted by atomic mass is 9.69. The highest BCUT2D eigenvalue weighted by Crippen LogP contribution is 2.41. The molecule has 2 aromatic heterocycles. The van der Waals surface area contributed by atoms with Crippen LogP contribution in [0.4, 0.5) is 4.79 Å². The van der Waals surface area contributed by atoms with Crippen molar-refractivity contribution >= 4 is 39.7 Å². The van der Waals surface area contributed by atoms with E-state index in [2.05, 4.69) is 33.2 Å². The number of para-hydroxylation sites is 1. The van der Waals surface area contributed by atoms with E-state index in [4.69, 9.17) is 9.84 Å². The van der Waals surface area contributed by atoms with Gasteiger partial charge in [0.05, 0.1) is 10.9 Å². The van der Waals surface area contributed by atoms with Crippen molar-refractivity contribution in [2.75, 3.05) is 59.4 Å². The second kappa shape index (κ2) is 18.7. The molecule has 1 saturated carbocycles. The molecular weight excluding hydrogens is 793 g/mol. The number of carbonyl (C=O) groups is 3. The van der Waals surface area contributed by atoms with Crippen molar-refractivity contribution in [3.05, 3.63) is 112 Å². The first-order chi connectivity index (χ1) is 30.6. The van der Waals surface area contributed by atoms with E-state index in [-0.39, 0.29) is 36.1 Å². The number of benzene rings is 3. The molecule has 2 N–H and O–H groups in total. The number of H-pyrrole nitrogens is 1. The minimum Gasteiger partial charge on any atom is -0.442 e. The molecule has 1 aliphatic carbocycles. The maximum absolute atomic E-state index is 14.6. The molecule has 63 heavy (non-hydrogen) atoms. The summed E-state index contributed by atoms with van der Waals surface area (Å²) in [5.41, 5.74) is 4.52. The third kappa shape index (κ3) is 9.27. The Bertz CT molecular complexity index is 2470. The number of hydrogen-bond acceptors (Lipinski definition) is 8. The van der Waals surface area contributed by atoms with Crippen molar-refractivity contribution in [3.8, 4) is 0 Å². The maximum atomic E-state index is 14.6. The Morgan fingerprint density at radius 1 is 0.825 bits per heavy atom. The van der Waals surface area contributed by atoms with E-state index in [1.54, 1.807) is 9.58 Å². The largest absolute Gasteiger partial charge is 0.442 e. The Hall–Kier alpha value is -5.53. The van der Waals surface area contributed by atoms with Crippen molar-refractivity contribution in [2.24, 2.45) is 0 Å². The van der Waals surface area contributed by atoms with Gasteiger partial charge in [0.15, 0.2) is 6.73 Å². The van der Waals surface area contributed by atoms with Crippen LogP contribution in [0, 0.1) is 6.92 Å². The van der Waals surface area contributed by atoms with Crippen LogP contribution in [0.1, 0.15) is 86.0 Å². The number of piperidine rings is 2. The molecule has 9 rings (SSSR count). The summed E-state index contributed by atoms with van der Waals surface area (Å²) in [4.78, 5) is 67.3. The molecular formula is C50H62N8O5. The van der Waals surface area contributed by atoms with Crippen molar-refractivity contribution < 1.29 is 19.1 Å². The van der Waals surface area contributed by atoms with Crippen molar-refractivity contribution in [2.45, 2.75) is 101 Å². The highest BCUT2D eigenvalue weighted by Gasteiger charge is 2.43. The zero-order valence-corrected chi connectivity index (χ0v) is 36.9. The number of fused-ring (bicyclic) bond motifs is 2. The molecule has 0 bridgehead atoms. The molecule has 0 spiro atoms. The molecule has 4 fully saturated rings. The lowest BCUT2D eigenvalue weighted by Crippen LogP contribution is -2.59. The number of rotatable bonds is 10. The fourth-order valence-corrected chi connectivity index (χ4v) is 10.8. The topological polar surface area (TPSA) is 136 Å². The lowest BCUT2D eigenvalue weighted by molar-refractivity contribution is -0.156. The first-order valence-corrected chi connectivity index (χ1v) is 23.2. The van der Waals surface area contributed by atoms with Crippen LogP contribution in [0.3, 0.4) is 0 Å². The monoisotopic (exact) mass is 854 g/mol. The number of carbonyl (C=O) groups excluding carboxylic acids is 3. The van der Waals surface area contributed by atoms with Gasteiger partial charge in [-0.1, -0.05) is 73.9 Å². The van der Waals surface area contributed by atoms with E-state index >= 15 is 0 Å². The summed E-state index contributed by atoms with van der Waals surface area (Å²) in [7, 11) is 2.18. The Morgan fingerprint density at radius 2 is 1.54 bits per heavy atom. The van der Waals surface area contributed by atoms with Gasteiger partial charge in [-0.2, -0.15) is 5.10 Å². The van der Waals surface area contributed by atoms with Gasteiger partial charge in [0.2, 0.25) is 5.91 Å². The molecule has 4 aliphatic rings. The minimum atomic E-state index is -0.772. The Kier molecular flexibility index (Phi) is 12.7. The van der Waals surface area contributed by atoms with Gasteiger partial charge in [0.1, 0.15) is 6.04 Å². The van der Waals surface area contributed by atoms with Gasteiger partial charge in [-0.3, -0.25) is 19.3 Å². The number of pyridine rings is 1. The number of hydrogen-bond donors (Lipinski definition) is 2. The molecule has 13 heteroatoms. The number of nitrogens with zero attached hydrogens (tertiary/aromatic N) is 6. The molecule has 3 aromatic carbocycles. The van der Waals surface area contributed by atoms with Crippen molar-refractivity contribution in [1.29, 1.82) is 0 Å². The van der Waals surface area contributed by atoms with Crippen molar-refractivity contribution in [1.82, 2.24) is 39.7 Å². The number of piperazine rings is 1. The summed E-state index contributed by atoms with van der Waals surface area (Å²) in [6.07, 6.45) is 10.5. The van der Waals surface area contributed by atoms with Gasteiger partial charge in [-0.15, -0.1) is 0 Å². The number of urea groups is 1. The second-order valence-corrected chi connectivity index (χ2v) is 18.6. The number of aromatic amines is 1. The highest BCUT2D eigenvalue weighted by atomic mass is 16.5. The van der Waals surface area contributed by atoms with Gasteiger partial charge in [-0.25, -0.2) is 9.48 Å². The average molecular weight is 855 g/mol. The zero-order valence-electron chi connectivity index (χ0n) is 36.9. The zero-order chi connectivity index (χ0) is 43.5. The summed E-state index contributed by atoms with van der Waals surface area (Å²) in [6.45, 7) is 8.06. The van der Waals surface area contributed by atoms with Crippen LogP contribution in [-0.4, -0.2) is 124 Å². The number of aryl methyl sites for hydroxylation is 1. The summed E-state index contributed by atoms with van der Waals surface area (Å²) in [5.74, 6) is -0.238. The molecule has 332 valence electrons. The minimum absolute atomic E-state index is 0.00349. The number of likely N-dealkylation sites (tertiary alicyclic amines) is 2. The quantitative estimate of drug-likeness (QED) is 0.156. The standard InChI is InChI=1S/C50H62N8O5/c1-35-29-36(30-39-33-58(53-45(35)39)34-63-48(61)50(19-9-4-10-20-50)40-12-5-3-6-13-40)31-44(47(60)56-27-25-55(26-28-56)41-17-21-54(2)22-18-41)52-49(62)57-23-15-37(16-24-57)42-32-38-11-7-8-14-43(38)51-46(42)59/h3,5-8,11-14,29-30,32-33,37,41,44H,4,9-10,15-28,31,34H2,1-2H3,(H,51,59)(H,52,62). The summed E-state index contributed by atoms with van der Waals surface area (Å²) < 4.78 is 7.72. The molecule has 3 amide bonds. The fourth-order valence-electron chi connectivity index (χ4n) is 10.8. The summed E-state index contributed by atoms with van der Waals surface area (Å²) >= 11 is 0. The lowest BCUT2D eigenvalue weighted by Gasteiger charge is -2.43. The van der Waals surface area contributed by atoms with Crippen LogP contribution >= 0.6 is 0 Å². The maximum Gasteiger partial charge on any atom is 0.318 e. The predicted octanol–water partition coefficient (Wildman–Crippen LogP) is 6.33. The molecule has 0 radical (unpaired) electrons. The van der Waals surface area contributed by atoms with Gasteiger partial charge in [0.25, 0.3) is 5.56 Å². The Morgan fingerprint density at radius 3 is 2.29 bits per heavy atom. The third-order valence-electron chi connectivity index (χ3n) is 14.5. The number of esters is 1. The van der Waals surface area contributed by atoms with E-state index in [0.29, 0.717) is 51.5 Å². The van der Waals surface area contributed by atoms with E-state index in [9.17, 15) is 19.2 Å². The molecule has 5 heterocycles. The number of aromatic nitrogens is 3. The van der Waals surface area contributed by atoms with E-state index < -0.39 is 11.5 Å². The molecule has 13 nitrogen and oxygen atoms in total. The van der Waals surface area contributed by atoms with E-state index in [0.717, 1.165) is 115 Å². The number of nitrogens with one attached hydrogen (secondary N) is 2. The summed E-state index contributed by atoms with van der Waals surface area (Å²) in [6, 6.07) is 23.4. The van der Waals surface area contributed by atoms with Crippen molar-refractivity contribution in [3.63, 3.8) is 0 Å². The third-order valence-corrected chi connectivity index (χ3v) is 14.5. The van der Waals surface area contributed by atoms with Crippen LogP contribution in [-0.2, 0) is 32.9 Å². The SMILES string of the molecule is Cc1cc(CC(NC(=O)N2CCC(c3cc4ccccc4[nH]c3=O)CC2)C(=O)N2CCN(C3CCN(C)CC3)CC2)cc2cn(COC(=O)C3(c4ccccc4)CCCCC3)nc12. The molecule has 5 aromatic rings. The predicted molar refractivity (Wildman–Crippen MR) is 245 cm³/mol. The summed E-state index contributed by atoms with van der Waals surface area (Å²) in [5, 5.41) is 9.88. The number of ether oxygens (including phenoxy) is 1. The first-order valence-electron chi connectivity index (χ1n) is 23.2. The average Bonchev–Trinajstić information content (AvgIpc) is 3.74. The Balaban J connectivity index is 0.894. The van der Waals surface area contributed by atoms with Gasteiger partial charge < -0.3 is 29.7 Å². The van der Waals surface area contributed by atoms with E-state index in [1.165, 1.54) is 0 Å². The molecule has 1 unspecified atom stereocenters. The fraction of sp³-hybridized carbons (Fsp3) is 0.500. The molecule has 3 aliphatic heterocycles. The molecule has 3 saturated heterocycles. The van der Waals surface area contributed by atoms with E-state index in [1.807, 2.05) is 84.8 Å². The second-order valence-electron chi connectivity index (χ2n) is 18.6. The van der Waals surface area contributed by atoms with Gasteiger partial charge in [0, 0.05) is 74.4 Å². The highest BCUT2D eigenvalue weighted by molar-refractivity contribution is 5.88. The normalized spacial score (nSPS) is 19.9. The Labute approximate surface area is 369 Å². The van der Waals surface area contributed by atoms with Crippen LogP contribution in [0.5, 0.6) is 0 Å². The number of amides is 3. The van der Waals surface area contributed by atoms with Gasteiger partial charge >= 0.3 is 12.0 Å². The first kappa shape index (κ1) is 42.8. The van der Waals surface area contributed by atoms with Crippen LogP contribution in [0.25, 0.3) is 21.8 Å². The molecule has 1 atom stereocenters. The smallest absolute Gasteiger partial charge is 0.318 e. The van der Waals surface area contributed by atoms with Crippen LogP contribution in [0.15, 0.2) is 83.8 Å². The van der Waals surface area contributed by atoms with Gasteiger partial charge in [-0.05, 0) is 112 Å². The van der Waals surface area contributed by atoms with Crippen LogP contribution in [0.2, 0.25) is 0 Å².